The monoisotopic (exact) mass is 624 g/mol. The number of rotatable bonds is 13. The quantitative estimate of drug-likeness (QED) is 0.0854. The Morgan fingerprint density at radius 3 is 2.16 bits per heavy atom. The van der Waals surface area contributed by atoms with E-state index in [0.29, 0.717) is 62.7 Å². The molecular weight excluding hydrogens is 580 g/mol. The zero-order chi connectivity index (χ0) is 32.5. The molecule has 4 rings (SSSR count). The second-order valence-electron chi connectivity index (χ2n) is 11.9. The van der Waals surface area contributed by atoms with Crippen LogP contribution in [0.5, 0.6) is 11.5 Å². The number of fused-ring (bicyclic) bond motifs is 1. The molecule has 2 fully saturated rings. The van der Waals surface area contributed by atoms with Gasteiger partial charge in [-0.3, -0.25) is 19.4 Å². The van der Waals surface area contributed by atoms with Crippen molar-refractivity contribution in [2.75, 3.05) is 13.1 Å². The van der Waals surface area contributed by atoms with E-state index in [0.717, 1.165) is 0 Å². The van der Waals surface area contributed by atoms with Crippen molar-refractivity contribution in [3.8, 4) is 11.5 Å². The summed E-state index contributed by atoms with van der Waals surface area (Å²) in [6, 6.07) is 10.00. The van der Waals surface area contributed by atoms with Crippen molar-refractivity contribution in [1.29, 1.82) is 0 Å². The van der Waals surface area contributed by atoms with Gasteiger partial charge >= 0.3 is 0 Å². The van der Waals surface area contributed by atoms with Gasteiger partial charge < -0.3 is 47.4 Å². The Morgan fingerprint density at radius 1 is 0.911 bits per heavy atom. The van der Waals surface area contributed by atoms with Crippen LogP contribution in [-0.2, 0) is 27.2 Å². The number of aliphatic hydroxyl groups excluding tert-OH is 2. The molecule has 0 unspecified atom stereocenters. The summed E-state index contributed by atoms with van der Waals surface area (Å²) < 4.78 is 0. The predicted octanol–water partition coefficient (Wildman–Crippen LogP) is 0.0290. The molecule has 3 amide bonds. The van der Waals surface area contributed by atoms with Crippen molar-refractivity contribution in [1.82, 2.24) is 15.5 Å². The Bertz CT molecular complexity index is 1330. The average Bonchev–Trinajstić information content (AvgIpc) is 3.38. The number of carbonyl (C=O) groups is 3. The Kier molecular flexibility index (Phi) is 11.6. The van der Waals surface area contributed by atoms with Crippen LogP contribution in [0.1, 0.15) is 49.7 Å². The number of unbranched alkanes of at least 4 members (excludes halogenated alkanes) is 1. The molecule has 0 aromatic heterocycles. The summed E-state index contributed by atoms with van der Waals surface area (Å²) >= 11 is 0. The summed E-state index contributed by atoms with van der Waals surface area (Å²) in [7, 11) is 0. The maximum absolute atomic E-state index is 14.4. The van der Waals surface area contributed by atoms with E-state index in [1.54, 1.807) is 24.3 Å². The topological polar surface area (TPSA) is 224 Å². The van der Waals surface area contributed by atoms with Crippen LogP contribution in [0.15, 0.2) is 53.5 Å². The molecule has 13 heteroatoms. The minimum absolute atomic E-state index is 0.00533. The van der Waals surface area contributed by atoms with Gasteiger partial charge in [-0.25, -0.2) is 0 Å². The van der Waals surface area contributed by atoms with Crippen LogP contribution in [0.25, 0.3) is 0 Å². The number of aliphatic imine (C=N–C) groups is 1. The van der Waals surface area contributed by atoms with E-state index < -0.39 is 36.1 Å². The lowest BCUT2D eigenvalue weighted by molar-refractivity contribution is -0.145. The van der Waals surface area contributed by atoms with Crippen molar-refractivity contribution < 1.29 is 34.8 Å². The predicted molar refractivity (Wildman–Crippen MR) is 167 cm³/mol. The number of amides is 3. The number of hydrogen-bond donors (Lipinski definition) is 8. The smallest absolute Gasteiger partial charge is 0.249 e. The zero-order valence-corrected chi connectivity index (χ0v) is 25.2. The Hall–Kier alpha value is -4.36. The first-order valence-corrected chi connectivity index (χ1v) is 15.4. The third-order valence-corrected chi connectivity index (χ3v) is 8.54. The summed E-state index contributed by atoms with van der Waals surface area (Å²) in [6.07, 6.45) is 1.21. The van der Waals surface area contributed by atoms with Crippen molar-refractivity contribution in [3.05, 3.63) is 59.7 Å². The minimum atomic E-state index is -1.48. The zero-order valence-electron chi connectivity index (χ0n) is 25.2. The van der Waals surface area contributed by atoms with Crippen molar-refractivity contribution in [2.45, 2.75) is 81.7 Å². The van der Waals surface area contributed by atoms with Crippen LogP contribution in [0.3, 0.4) is 0 Å². The summed E-state index contributed by atoms with van der Waals surface area (Å²) in [4.78, 5) is 46.6. The van der Waals surface area contributed by atoms with Gasteiger partial charge in [0.2, 0.25) is 17.7 Å². The first kappa shape index (κ1) is 33.5. The highest BCUT2D eigenvalue weighted by atomic mass is 16.3. The maximum Gasteiger partial charge on any atom is 0.249 e. The molecule has 2 aliphatic rings. The van der Waals surface area contributed by atoms with Gasteiger partial charge in [0.1, 0.15) is 29.7 Å². The van der Waals surface area contributed by atoms with E-state index in [1.165, 1.54) is 29.2 Å². The highest BCUT2D eigenvalue weighted by Crippen LogP contribution is 2.40. The van der Waals surface area contributed by atoms with Gasteiger partial charge in [-0.1, -0.05) is 24.3 Å². The third kappa shape index (κ3) is 9.32. The SMILES string of the molecule is NC(N)=NCCCCNC(=O)[C@@H]1C[C@@H]2CC[C@@H](O)C[C@@H]2N1C(=O)[C@@H](Cc1ccc(O)cc1)NC(=O)[C@H](O)Cc1ccc(O)cc1. The van der Waals surface area contributed by atoms with Crippen LogP contribution >= 0.6 is 0 Å². The molecular formula is C32H44N6O7. The number of guanidine groups is 1. The largest absolute Gasteiger partial charge is 0.508 e. The number of phenols is 2. The molecule has 13 nitrogen and oxygen atoms in total. The maximum atomic E-state index is 14.4. The lowest BCUT2D eigenvalue weighted by atomic mass is 9.83. The molecule has 1 saturated heterocycles. The second kappa shape index (κ2) is 15.6. The first-order chi connectivity index (χ1) is 21.5. The number of aliphatic hydroxyl groups is 2. The molecule has 1 heterocycles. The number of benzene rings is 2. The second-order valence-corrected chi connectivity index (χ2v) is 11.9. The van der Waals surface area contributed by atoms with E-state index in [1.807, 2.05) is 0 Å². The van der Waals surface area contributed by atoms with Crippen molar-refractivity contribution in [3.63, 3.8) is 0 Å². The van der Waals surface area contributed by atoms with Crippen molar-refractivity contribution in [2.24, 2.45) is 22.4 Å². The van der Waals surface area contributed by atoms with Gasteiger partial charge in [0.25, 0.3) is 0 Å². The van der Waals surface area contributed by atoms with Crippen molar-refractivity contribution >= 4 is 23.7 Å². The molecule has 0 radical (unpaired) electrons. The number of likely N-dealkylation sites (tertiary alicyclic amines) is 1. The molecule has 2 aromatic rings. The van der Waals surface area contributed by atoms with Gasteiger partial charge in [0.05, 0.1) is 6.10 Å². The number of phenolic OH excluding ortho intramolecular Hbond substituents is 2. The first-order valence-electron chi connectivity index (χ1n) is 15.4. The molecule has 244 valence electrons. The van der Waals surface area contributed by atoms with Gasteiger partial charge in [-0.2, -0.15) is 0 Å². The normalized spacial score (nSPS) is 22.1. The number of nitrogens with zero attached hydrogens (tertiary/aromatic N) is 2. The number of aromatic hydroxyl groups is 2. The molecule has 0 spiro atoms. The van der Waals surface area contributed by atoms with E-state index in [-0.39, 0.29) is 48.2 Å². The number of hydrogen-bond acceptors (Lipinski definition) is 8. The molecule has 2 aromatic carbocycles. The van der Waals surface area contributed by atoms with Crippen LogP contribution in [0.2, 0.25) is 0 Å². The van der Waals surface area contributed by atoms with Crippen LogP contribution in [0.4, 0.5) is 0 Å². The molecule has 1 aliphatic heterocycles. The standard InChI is InChI=1S/C32H44N6O7/c33-32(34)36-14-2-1-13-35-29(43)27-17-21-7-12-24(41)18-26(21)38(27)31(45)25(15-19-3-8-22(39)9-4-19)37-30(44)28(42)16-20-5-10-23(40)11-6-20/h3-6,8-11,21,24-28,39-42H,1-2,7,12-18H2,(H,35,43)(H,37,44)(H4,33,34,36)/t21-,24+,25+,26-,27-,28+/m0/s1. The summed E-state index contributed by atoms with van der Waals surface area (Å²) in [5.74, 6) is -1.44. The lowest BCUT2D eigenvalue weighted by Gasteiger charge is -2.37. The fourth-order valence-electron chi connectivity index (χ4n) is 6.22. The third-order valence-electron chi connectivity index (χ3n) is 8.54. The van der Waals surface area contributed by atoms with Gasteiger partial charge in [0, 0.05) is 32.0 Å². The highest BCUT2D eigenvalue weighted by molar-refractivity contribution is 5.94. The molecule has 45 heavy (non-hydrogen) atoms. The van der Waals surface area contributed by atoms with E-state index in [9.17, 15) is 34.8 Å². The number of nitrogens with two attached hydrogens (primary N) is 2. The summed E-state index contributed by atoms with van der Waals surface area (Å²) in [5.41, 5.74) is 12.0. The fraction of sp³-hybridized carbons (Fsp3) is 0.500. The van der Waals surface area contributed by atoms with E-state index in [2.05, 4.69) is 15.6 Å². The summed E-state index contributed by atoms with van der Waals surface area (Å²) in [5, 5.41) is 46.2. The molecule has 10 N–H and O–H groups in total. The van der Waals surface area contributed by atoms with Crippen LogP contribution < -0.4 is 22.1 Å². The molecule has 1 aliphatic carbocycles. The Labute approximate surface area is 262 Å². The molecule has 0 bridgehead atoms. The Morgan fingerprint density at radius 2 is 1.53 bits per heavy atom. The highest BCUT2D eigenvalue weighted by Gasteiger charge is 2.50. The average molecular weight is 625 g/mol. The van der Waals surface area contributed by atoms with Crippen LogP contribution in [0, 0.1) is 5.92 Å². The Balaban J connectivity index is 1.53. The van der Waals surface area contributed by atoms with Gasteiger partial charge in [0.15, 0.2) is 5.96 Å². The summed E-state index contributed by atoms with van der Waals surface area (Å²) in [6.45, 7) is 0.804. The number of carbonyl (C=O) groups excluding carboxylic acids is 3. The van der Waals surface area contributed by atoms with E-state index in [4.69, 9.17) is 11.5 Å². The van der Waals surface area contributed by atoms with Gasteiger partial charge in [-0.05, 0) is 79.8 Å². The lowest BCUT2D eigenvalue weighted by Crippen LogP contribution is -2.58. The molecule has 6 atom stereocenters. The molecule has 1 saturated carbocycles. The number of nitrogens with one attached hydrogen (secondary N) is 2. The fourth-order valence-corrected chi connectivity index (χ4v) is 6.22. The van der Waals surface area contributed by atoms with Gasteiger partial charge in [-0.15, -0.1) is 0 Å². The van der Waals surface area contributed by atoms with E-state index >= 15 is 0 Å². The minimum Gasteiger partial charge on any atom is -0.508 e. The van der Waals surface area contributed by atoms with Crippen LogP contribution in [-0.4, -0.2) is 92.4 Å².